The van der Waals surface area contributed by atoms with E-state index in [0.29, 0.717) is 0 Å². The summed E-state index contributed by atoms with van der Waals surface area (Å²) in [4.78, 5) is 0. The van der Waals surface area contributed by atoms with Crippen LogP contribution in [0.2, 0.25) is 0 Å². The van der Waals surface area contributed by atoms with Gasteiger partial charge < -0.3 is 0 Å². The summed E-state index contributed by atoms with van der Waals surface area (Å²) in [6.07, 6.45) is 2.65. The maximum atomic E-state index is 2.31. The van der Waals surface area contributed by atoms with Crippen molar-refractivity contribution in [1.82, 2.24) is 0 Å². The minimum Gasteiger partial charge on any atom is -0.0651 e. The minimum atomic E-state index is 0.856. The molecule has 0 aliphatic heterocycles. The lowest BCUT2D eigenvalue weighted by Crippen LogP contribution is -2.13. The minimum absolute atomic E-state index is 0.856. The smallest absolute Gasteiger partial charge is 0.0371 e. The van der Waals surface area contributed by atoms with Crippen LogP contribution in [0.15, 0.2) is 0 Å². The molecule has 0 saturated heterocycles. The molecular weight excluding hydrogens is 192 g/mol. The van der Waals surface area contributed by atoms with Gasteiger partial charge in [-0.2, -0.15) is 0 Å². The van der Waals surface area contributed by atoms with Crippen molar-refractivity contribution >= 4 is 0 Å². The molecule has 0 aromatic carbocycles. The molecule has 16 heavy (non-hydrogen) atoms. The Balaban J connectivity index is 0. The van der Waals surface area contributed by atoms with E-state index in [0.717, 1.165) is 29.6 Å². The first-order chi connectivity index (χ1) is 7.27. The second-order valence-electron chi connectivity index (χ2n) is 6.19. The Morgan fingerprint density at radius 2 is 0.938 bits per heavy atom. The quantitative estimate of drug-likeness (QED) is 0.540. The molecule has 0 spiro atoms. The Labute approximate surface area is 105 Å². The van der Waals surface area contributed by atoms with Gasteiger partial charge in [-0.05, 0) is 29.6 Å². The largest absolute Gasteiger partial charge is 0.0651 e. The molecule has 0 radical (unpaired) electrons. The van der Waals surface area contributed by atoms with Gasteiger partial charge in [-0.1, -0.05) is 75.2 Å². The van der Waals surface area contributed by atoms with Crippen molar-refractivity contribution in [2.45, 2.75) is 75.2 Å². The molecule has 0 rings (SSSR count). The molecule has 0 nitrogen and oxygen atoms in total. The Kier molecular flexibility index (Phi) is 11.7. The van der Waals surface area contributed by atoms with Gasteiger partial charge >= 0.3 is 0 Å². The molecule has 0 heterocycles. The summed E-state index contributed by atoms with van der Waals surface area (Å²) in [5.41, 5.74) is 0. The van der Waals surface area contributed by atoms with Gasteiger partial charge in [0.1, 0.15) is 0 Å². The van der Waals surface area contributed by atoms with Crippen molar-refractivity contribution in [2.75, 3.05) is 0 Å². The van der Waals surface area contributed by atoms with Gasteiger partial charge in [-0.15, -0.1) is 0 Å². The first-order valence-electron chi connectivity index (χ1n) is 7.27. The van der Waals surface area contributed by atoms with Crippen LogP contribution >= 0.6 is 0 Å². The van der Waals surface area contributed by atoms with Crippen LogP contribution in [-0.2, 0) is 0 Å². The van der Waals surface area contributed by atoms with Gasteiger partial charge in [-0.25, -0.2) is 0 Å². The predicted octanol–water partition coefficient (Wildman–Crippen LogP) is 6.01. The summed E-state index contributed by atoms with van der Waals surface area (Å²) < 4.78 is 0. The lowest BCUT2D eigenvalue weighted by molar-refractivity contribution is 0.279. The SMILES string of the molecule is CCC(C(C)C)C(C)C.CCC(C)C(C)C. The molecular formula is C16H36. The highest BCUT2D eigenvalue weighted by molar-refractivity contribution is 4.63. The summed E-state index contributed by atoms with van der Waals surface area (Å²) in [5, 5.41) is 0. The van der Waals surface area contributed by atoms with Crippen LogP contribution in [0.3, 0.4) is 0 Å². The van der Waals surface area contributed by atoms with Gasteiger partial charge in [0.25, 0.3) is 0 Å². The third-order valence-corrected chi connectivity index (χ3v) is 3.97. The molecule has 1 unspecified atom stereocenters. The maximum absolute atomic E-state index is 2.31. The normalized spacial score (nSPS) is 13.3. The third kappa shape index (κ3) is 9.24. The first kappa shape index (κ1) is 18.4. The summed E-state index contributed by atoms with van der Waals surface area (Å²) in [6, 6.07) is 0. The van der Waals surface area contributed by atoms with Crippen LogP contribution in [0.25, 0.3) is 0 Å². The zero-order chi connectivity index (χ0) is 13.3. The Hall–Kier alpha value is 0. The second kappa shape index (κ2) is 10.2. The third-order valence-electron chi connectivity index (χ3n) is 3.97. The van der Waals surface area contributed by atoms with Crippen LogP contribution in [-0.4, -0.2) is 0 Å². The summed E-state index contributed by atoms with van der Waals surface area (Å²) in [6.45, 7) is 20.6. The molecule has 0 aromatic rings. The van der Waals surface area contributed by atoms with Crippen molar-refractivity contribution < 1.29 is 0 Å². The van der Waals surface area contributed by atoms with Crippen molar-refractivity contribution in [2.24, 2.45) is 29.6 Å². The lowest BCUT2D eigenvalue weighted by atomic mass is 9.84. The fourth-order valence-electron chi connectivity index (χ4n) is 2.18. The molecule has 100 valence electrons. The fourth-order valence-corrected chi connectivity index (χ4v) is 2.18. The highest BCUT2D eigenvalue weighted by Crippen LogP contribution is 2.22. The number of rotatable bonds is 5. The van der Waals surface area contributed by atoms with Crippen molar-refractivity contribution in [3.63, 3.8) is 0 Å². The second-order valence-corrected chi connectivity index (χ2v) is 6.19. The van der Waals surface area contributed by atoms with Gasteiger partial charge in [-0.3, -0.25) is 0 Å². The van der Waals surface area contributed by atoms with E-state index in [1.54, 1.807) is 0 Å². The summed E-state index contributed by atoms with van der Waals surface area (Å²) >= 11 is 0. The van der Waals surface area contributed by atoms with Crippen LogP contribution < -0.4 is 0 Å². The van der Waals surface area contributed by atoms with Gasteiger partial charge in [0.2, 0.25) is 0 Å². The first-order valence-corrected chi connectivity index (χ1v) is 7.27. The van der Waals surface area contributed by atoms with Crippen LogP contribution in [0.5, 0.6) is 0 Å². The molecule has 0 heteroatoms. The van der Waals surface area contributed by atoms with Crippen molar-refractivity contribution in [3.05, 3.63) is 0 Å². The Morgan fingerprint density at radius 1 is 0.562 bits per heavy atom. The summed E-state index contributed by atoms with van der Waals surface area (Å²) in [7, 11) is 0. The Morgan fingerprint density at radius 3 is 0.938 bits per heavy atom. The highest BCUT2D eigenvalue weighted by atomic mass is 14.2. The predicted molar refractivity (Wildman–Crippen MR) is 77.8 cm³/mol. The van der Waals surface area contributed by atoms with Crippen LogP contribution in [0.1, 0.15) is 75.2 Å². The van der Waals surface area contributed by atoms with Crippen molar-refractivity contribution in [1.29, 1.82) is 0 Å². The molecule has 0 aliphatic carbocycles. The van der Waals surface area contributed by atoms with E-state index >= 15 is 0 Å². The van der Waals surface area contributed by atoms with Crippen LogP contribution in [0.4, 0.5) is 0 Å². The zero-order valence-corrected chi connectivity index (χ0v) is 13.3. The average Bonchev–Trinajstić information content (AvgIpc) is 2.17. The average molecular weight is 228 g/mol. The van der Waals surface area contributed by atoms with E-state index in [4.69, 9.17) is 0 Å². The molecule has 0 aromatic heterocycles. The number of hydrogen-bond acceptors (Lipinski definition) is 0. The number of hydrogen-bond donors (Lipinski definition) is 0. The van der Waals surface area contributed by atoms with E-state index in [1.165, 1.54) is 12.8 Å². The van der Waals surface area contributed by atoms with E-state index in [9.17, 15) is 0 Å². The molecule has 0 bridgehead atoms. The Bertz CT molecular complexity index is 125. The topological polar surface area (TPSA) is 0 Å². The van der Waals surface area contributed by atoms with Crippen LogP contribution in [0, 0.1) is 29.6 Å². The molecule has 0 amide bonds. The highest BCUT2D eigenvalue weighted by Gasteiger charge is 2.13. The van der Waals surface area contributed by atoms with E-state index < -0.39 is 0 Å². The van der Waals surface area contributed by atoms with Crippen molar-refractivity contribution in [3.8, 4) is 0 Å². The molecule has 0 aliphatic rings. The molecule has 1 atom stereocenters. The fraction of sp³-hybridized carbons (Fsp3) is 1.00. The van der Waals surface area contributed by atoms with Gasteiger partial charge in [0.15, 0.2) is 0 Å². The van der Waals surface area contributed by atoms with Gasteiger partial charge in [0.05, 0.1) is 0 Å². The monoisotopic (exact) mass is 228 g/mol. The van der Waals surface area contributed by atoms with E-state index in [-0.39, 0.29) is 0 Å². The van der Waals surface area contributed by atoms with Gasteiger partial charge in [0, 0.05) is 0 Å². The molecule has 0 fully saturated rings. The zero-order valence-electron chi connectivity index (χ0n) is 13.3. The molecule has 0 saturated carbocycles. The maximum Gasteiger partial charge on any atom is -0.0371 e. The van der Waals surface area contributed by atoms with E-state index in [1.807, 2.05) is 0 Å². The standard InChI is InChI=1S/C9H20.C7H16/c1-6-9(7(2)3)8(4)5;1-5-7(4)6(2)3/h7-9H,6H2,1-5H3;6-7H,5H2,1-4H3. The lowest BCUT2D eigenvalue weighted by Gasteiger charge is -2.22. The van der Waals surface area contributed by atoms with E-state index in [2.05, 4.69) is 62.3 Å². The summed E-state index contributed by atoms with van der Waals surface area (Å²) in [5.74, 6) is 4.40. The molecule has 0 N–H and O–H groups in total.